The number of hydrogen-bond acceptors (Lipinski definition) is 4. The number of carbonyl (C=O) groups excluding carboxylic acids is 1. The molecule has 1 amide bonds. The summed E-state index contributed by atoms with van der Waals surface area (Å²) in [6, 6.07) is 10.4. The second-order valence-corrected chi connectivity index (χ2v) is 6.38. The van der Waals surface area contributed by atoms with Crippen LogP contribution in [0.4, 0.5) is 0 Å². The summed E-state index contributed by atoms with van der Waals surface area (Å²) in [6.07, 6.45) is 0.911. The van der Waals surface area contributed by atoms with Crippen molar-refractivity contribution in [2.45, 2.75) is 19.9 Å². The fraction of sp³-hybridized carbons (Fsp3) is 0.333. The number of carbonyl (C=O) groups is 1. The minimum atomic E-state index is -0.112. The summed E-state index contributed by atoms with van der Waals surface area (Å²) in [5.74, 6) is -0.112. The molecular formula is C18H21N3O2S. The van der Waals surface area contributed by atoms with Crippen LogP contribution in [0, 0.1) is 0 Å². The first-order valence-corrected chi connectivity index (χ1v) is 8.94. The molecule has 0 radical (unpaired) electrons. The number of rotatable bonds is 7. The Bertz CT molecular complexity index is 838. The highest BCUT2D eigenvalue weighted by atomic mass is 32.1. The number of nitrogens with one attached hydrogen (secondary N) is 1. The van der Waals surface area contributed by atoms with Crippen LogP contribution in [0.15, 0.2) is 35.7 Å². The van der Waals surface area contributed by atoms with Crippen LogP contribution in [0.2, 0.25) is 0 Å². The zero-order valence-electron chi connectivity index (χ0n) is 13.9. The van der Waals surface area contributed by atoms with Gasteiger partial charge in [0, 0.05) is 36.5 Å². The SMILES string of the molecule is CCCNC(=O)c1csc(-c2cc3ccccc3n2CCOC)n1. The summed E-state index contributed by atoms with van der Waals surface area (Å²) < 4.78 is 7.44. The number of benzene rings is 1. The standard InChI is InChI=1S/C18H21N3O2S/c1-3-8-19-17(22)14-12-24-18(20-14)16-11-13-6-4-5-7-15(13)21(16)9-10-23-2/h4-7,11-12H,3,8-10H2,1-2H3,(H,19,22). The van der Waals surface area contributed by atoms with E-state index in [1.807, 2.05) is 24.4 Å². The summed E-state index contributed by atoms with van der Waals surface area (Å²) >= 11 is 1.49. The number of amides is 1. The van der Waals surface area contributed by atoms with Gasteiger partial charge >= 0.3 is 0 Å². The molecule has 126 valence electrons. The number of aromatic nitrogens is 2. The van der Waals surface area contributed by atoms with E-state index in [4.69, 9.17) is 4.74 Å². The quantitative estimate of drug-likeness (QED) is 0.714. The highest BCUT2D eigenvalue weighted by molar-refractivity contribution is 7.13. The Morgan fingerprint density at radius 2 is 2.21 bits per heavy atom. The largest absolute Gasteiger partial charge is 0.383 e. The lowest BCUT2D eigenvalue weighted by Gasteiger charge is -2.08. The van der Waals surface area contributed by atoms with Gasteiger partial charge < -0.3 is 14.6 Å². The molecule has 0 bridgehead atoms. The van der Waals surface area contributed by atoms with E-state index >= 15 is 0 Å². The van der Waals surface area contributed by atoms with Crippen molar-refractivity contribution in [3.8, 4) is 10.7 Å². The predicted octanol–water partition coefficient (Wildman–Crippen LogP) is 3.55. The lowest BCUT2D eigenvalue weighted by atomic mass is 10.2. The molecule has 0 aliphatic carbocycles. The van der Waals surface area contributed by atoms with E-state index < -0.39 is 0 Å². The summed E-state index contributed by atoms with van der Waals surface area (Å²) in [5, 5.41) is 6.70. The van der Waals surface area contributed by atoms with Crippen LogP contribution in [0.25, 0.3) is 21.6 Å². The van der Waals surface area contributed by atoms with E-state index in [0.717, 1.165) is 34.6 Å². The van der Waals surface area contributed by atoms with Crippen LogP contribution in [0.5, 0.6) is 0 Å². The van der Waals surface area contributed by atoms with Crippen LogP contribution >= 0.6 is 11.3 Å². The van der Waals surface area contributed by atoms with Gasteiger partial charge in [-0.2, -0.15) is 0 Å². The van der Waals surface area contributed by atoms with Crippen molar-refractivity contribution < 1.29 is 9.53 Å². The second-order valence-electron chi connectivity index (χ2n) is 5.53. The average molecular weight is 343 g/mol. The van der Waals surface area contributed by atoms with Crippen molar-refractivity contribution in [1.82, 2.24) is 14.9 Å². The predicted molar refractivity (Wildman–Crippen MR) is 97.5 cm³/mol. The monoisotopic (exact) mass is 343 g/mol. The first-order valence-electron chi connectivity index (χ1n) is 8.06. The van der Waals surface area contributed by atoms with Crippen LogP contribution in [0.1, 0.15) is 23.8 Å². The zero-order valence-corrected chi connectivity index (χ0v) is 14.7. The van der Waals surface area contributed by atoms with Crippen molar-refractivity contribution in [2.75, 3.05) is 20.3 Å². The smallest absolute Gasteiger partial charge is 0.270 e. The van der Waals surface area contributed by atoms with E-state index in [0.29, 0.717) is 18.8 Å². The molecular weight excluding hydrogens is 322 g/mol. The Morgan fingerprint density at radius 1 is 1.38 bits per heavy atom. The van der Waals surface area contributed by atoms with Gasteiger partial charge in [-0.05, 0) is 18.6 Å². The van der Waals surface area contributed by atoms with Gasteiger partial charge in [0.15, 0.2) is 0 Å². The fourth-order valence-electron chi connectivity index (χ4n) is 2.64. The number of fused-ring (bicyclic) bond motifs is 1. The molecule has 2 heterocycles. The van der Waals surface area contributed by atoms with Crippen molar-refractivity contribution in [3.05, 3.63) is 41.4 Å². The van der Waals surface area contributed by atoms with E-state index in [-0.39, 0.29) is 5.91 Å². The highest BCUT2D eigenvalue weighted by Gasteiger charge is 2.16. The Hall–Kier alpha value is -2.18. The molecule has 0 fully saturated rings. The number of ether oxygens (including phenoxy) is 1. The maximum Gasteiger partial charge on any atom is 0.270 e. The molecule has 6 heteroatoms. The average Bonchev–Trinajstić information content (AvgIpc) is 3.22. The van der Waals surface area contributed by atoms with Gasteiger partial charge in [0.2, 0.25) is 0 Å². The Morgan fingerprint density at radius 3 is 3.00 bits per heavy atom. The third-order valence-electron chi connectivity index (χ3n) is 3.82. The number of hydrogen-bond donors (Lipinski definition) is 1. The van der Waals surface area contributed by atoms with Crippen LogP contribution in [-0.4, -0.2) is 35.7 Å². The van der Waals surface area contributed by atoms with E-state index in [2.05, 4.69) is 33.1 Å². The number of methoxy groups -OCH3 is 1. The molecule has 0 saturated carbocycles. The summed E-state index contributed by atoms with van der Waals surface area (Å²) in [4.78, 5) is 16.6. The summed E-state index contributed by atoms with van der Waals surface area (Å²) in [5.41, 5.74) is 2.65. The molecule has 0 spiro atoms. The molecule has 0 saturated heterocycles. The number of thiazole rings is 1. The van der Waals surface area contributed by atoms with Crippen molar-refractivity contribution in [2.24, 2.45) is 0 Å². The molecule has 0 unspecified atom stereocenters. The molecule has 3 rings (SSSR count). The minimum absolute atomic E-state index is 0.112. The van der Waals surface area contributed by atoms with Crippen molar-refractivity contribution in [1.29, 1.82) is 0 Å². The second kappa shape index (κ2) is 7.59. The summed E-state index contributed by atoms with van der Waals surface area (Å²) in [7, 11) is 1.70. The minimum Gasteiger partial charge on any atom is -0.383 e. The van der Waals surface area contributed by atoms with Crippen LogP contribution in [-0.2, 0) is 11.3 Å². The Kier molecular flexibility index (Phi) is 5.27. The summed E-state index contributed by atoms with van der Waals surface area (Å²) in [6.45, 7) is 4.07. The molecule has 2 aromatic heterocycles. The molecule has 1 aromatic carbocycles. The lowest BCUT2D eigenvalue weighted by Crippen LogP contribution is -2.24. The van der Waals surface area contributed by atoms with E-state index in [1.165, 1.54) is 11.3 Å². The highest BCUT2D eigenvalue weighted by Crippen LogP contribution is 2.30. The Balaban J connectivity index is 1.96. The maximum atomic E-state index is 12.1. The number of para-hydroxylation sites is 1. The fourth-order valence-corrected chi connectivity index (χ4v) is 3.46. The molecule has 5 nitrogen and oxygen atoms in total. The molecule has 0 atom stereocenters. The maximum absolute atomic E-state index is 12.1. The van der Waals surface area contributed by atoms with Gasteiger partial charge in [-0.1, -0.05) is 25.1 Å². The van der Waals surface area contributed by atoms with Gasteiger partial charge in [0.05, 0.1) is 12.3 Å². The number of nitrogens with zero attached hydrogens (tertiary/aromatic N) is 2. The van der Waals surface area contributed by atoms with E-state index in [1.54, 1.807) is 7.11 Å². The van der Waals surface area contributed by atoms with Crippen LogP contribution < -0.4 is 5.32 Å². The van der Waals surface area contributed by atoms with Gasteiger partial charge in [0.25, 0.3) is 5.91 Å². The van der Waals surface area contributed by atoms with E-state index in [9.17, 15) is 4.79 Å². The zero-order chi connectivity index (χ0) is 16.9. The van der Waals surface area contributed by atoms with Gasteiger partial charge in [-0.25, -0.2) is 4.98 Å². The van der Waals surface area contributed by atoms with Crippen LogP contribution in [0.3, 0.4) is 0 Å². The third kappa shape index (κ3) is 3.34. The molecule has 0 aliphatic rings. The Labute approximate surface area is 145 Å². The third-order valence-corrected chi connectivity index (χ3v) is 4.69. The topological polar surface area (TPSA) is 56.2 Å². The van der Waals surface area contributed by atoms with Crippen molar-refractivity contribution in [3.63, 3.8) is 0 Å². The molecule has 3 aromatic rings. The molecule has 0 aliphatic heterocycles. The first kappa shape index (κ1) is 16.7. The van der Waals surface area contributed by atoms with Gasteiger partial charge in [0.1, 0.15) is 10.7 Å². The normalized spacial score (nSPS) is 11.1. The molecule has 24 heavy (non-hydrogen) atoms. The molecule has 1 N–H and O–H groups in total. The van der Waals surface area contributed by atoms with Gasteiger partial charge in [-0.3, -0.25) is 4.79 Å². The van der Waals surface area contributed by atoms with Gasteiger partial charge in [-0.15, -0.1) is 11.3 Å². The lowest BCUT2D eigenvalue weighted by molar-refractivity contribution is 0.0949. The first-order chi connectivity index (χ1) is 11.7. The van der Waals surface area contributed by atoms with Crippen molar-refractivity contribution >= 4 is 28.1 Å².